The van der Waals surface area contributed by atoms with Gasteiger partial charge in [0.1, 0.15) is 5.75 Å². The summed E-state index contributed by atoms with van der Waals surface area (Å²) >= 11 is 0. The topological polar surface area (TPSA) is 57.4 Å². The van der Waals surface area contributed by atoms with Gasteiger partial charge in [0.25, 0.3) is 0 Å². The Morgan fingerprint density at radius 2 is 1.85 bits per heavy atom. The van der Waals surface area contributed by atoms with Crippen molar-refractivity contribution in [1.82, 2.24) is 4.98 Å². The van der Waals surface area contributed by atoms with Crippen molar-refractivity contribution in [3.63, 3.8) is 0 Å². The summed E-state index contributed by atoms with van der Waals surface area (Å²) in [5.74, 6) is 1.58. The van der Waals surface area contributed by atoms with Gasteiger partial charge in [-0.15, -0.1) is 0 Å². The molecule has 0 aliphatic heterocycles. The number of benzene rings is 1. The number of rotatable bonds is 3. The van der Waals surface area contributed by atoms with Crippen molar-refractivity contribution in [2.75, 3.05) is 12.8 Å². The molecule has 0 atom stereocenters. The number of pyridine rings is 1. The normalized spacial score (nSPS) is 11.2. The molecule has 4 heteroatoms. The van der Waals surface area contributed by atoms with Crippen LogP contribution in [0, 0.1) is 0 Å². The van der Waals surface area contributed by atoms with Gasteiger partial charge in [0.15, 0.2) is 0 Å². The van der Waals surface area contributed by atoms with Crippen LogP contribution in [0.2, 0.25) is 0 Å². The molecule has 1 aromatic heterocycles. The second kappa shape index (κ2) is 5.41. The maximum absolute atomic E-state index is 5.76. The van der Waals surface area contributed by atoms with E-state index in [9.17, 15) is 0 Å². The fraction of sp³-hybridized carbons (Fsp3) is 0.312. The molecule has 106 valence electrons. The lowest BCUT2D eigenvalue weighted by molar-refractivity contribution is 0.385. The summed E-state index contributed by atoms with van der Waals surface area (Å²) in [6.45, 7) is 6.49. The lowest BCUT2D eigenvalue weighted by atomic mass is 9.87. The predicted octanol–water partition coefficient (Wildman–Crippen LogP) is 3.76. The predicted molar refractivity (Wildman–Crippen MR) is 80.4 cm³/mol. The van der Waals surface area contributed by atoms with Gasteiger partial charge in [-0.1, -0.05) is 32.9 Å². The summed E-state index contributed by atoms with van der Waals surface area (Å²) in [5, 5.41) is 0. The van der Waals surface area contributed by atoms with E-state index in [-0.39, 0.29) is 5.41 Å². The van der Waals surface area contributed by atoms with E-state index in [1.54, 1.807) is 12.1 Å². The molecule has 0 saturated carbocycles. The number of hydrogen-bond acceptors (Lipinski definition) is 4. The molecular formula is C16H20N2O2. The highest BCUT2D eigenvalue weighted by molar-refractivity contribution is 5.49. The van der Waals surface area contributed by atoms with Crippen molar-refractivity contribution in [3.05, 3.63) is 42.0 Å². The van der Waals surface area contributed by atoms with Crippen LogP contribution in [0.15, 0.2) is 36.4 Å². The Morgan fingerprint density at radius 3 is 2.50 bits per heavy atom. The number of ether oxygens (including phenoxy) is 2. The number of hydrogen-bond donors (Lipinski definition) is 1. The second-order valence-corrected chi connectivity index (χ2v) is 5.63. The first-order chi connectivity index (χ1) is 9.40. The van der Waals surface area contributed by atoms with E-state index in [1.165, 1.54) is 12.7 Å². The summed E-state index contributed by atoms with van der Waals surface area (Å²) < 4.78 is 10.9. The molecule has 1 aromatic carbocycles. The van der Waals surface area contributed by atoms with Gasteiger partial charge in [0.05, 0.1) is 12.8 Å². The van der Waals surface area contributed by atoms with E-state index in [0.717, 1.165) is 5.75 Å². The number of aromatic nitrogens is 1. The maximum atomic E-state index is 5.76. The van der Waals surface area contributed by atoms with Crippen LogP contribution in [0.25, 0.3) is 0 Å². The van der Waals surface area contributed by atoms with Gasteiger partial charge in [-0.25, -0.2) is 0 Å². The molecule has 2 N–H and O–H groups in total. The van der Waals surface area contributed by atoms with Crippen molar-refractivity contribution >= 4 is 5.69 Å². The Balaban J connectivity index is 2.26. The molecular weight excluding hydrogens is 252 g/mol. The van der Waals surface area contributed by atoms with Crippen molar-refractivity contribution < 1.29 is 9.47 Å². The third-order valence-corrected chi connectivity index (χ3v) is 2.98. The van der Waals surface area contributed by atoms with E-state index in [2.05, 4.69) is 31.8 Å². The Kier molecular flexibility index (Phi) is 3.84. The van der Waals surface area contributed by atoms with E-state index >= 15 is 0 Å². The summed E-state index contributed by atoms with van der Waals surface area (Å²) in [7, 11) is 1.53. The van der Waals surface area contributed by atoms with Crippen LogP contribution in [-0.2, 0) is 5.41 Å². The third kappa shape index (κ3) is 3.20. The number of nitrogens with two attached hydrogens (primary N) is 1. The van der Waals surface area contributed by atoms with E-state index in [4.69, 9.17) is 15.2 Å². The number of anilines is 1. The molecule has 0 bridgehead atoms. The minimum absolute atomic E-state index is 0.0750. The molecule has 0 spiro atoms. The highest BCUT2D eigenvalue weighted by Crippen LogP contribution is 2.29. The zero-order chi connectivity index (χ0) is 14.8. The average Bonchev–Trinajstić information content (AvgIpc) is 2.40. The van der Waals surface area contributed by atoms with Crippen LogP contribution in [-0.4, -0.2) is 12.1 Å². The molecule has 0 saturated heterocycles. The minimum Gasteiger partial charge on any atom is -0.479 e. The van der Waals surface area contributed by atoms with Crippen LogP contribution in [0.5, 0.6) is 17.5 Å². The molecule has 20 heavy (non-hydrogen) atoms. The zero-order valence-corrected chi connectivity index (χ0v) is 12.3. The van der Waals surface area contributed by atoms with Crippen LogP contribution >= 0.6 is 0 Å². The Hall–Kier alpha value is -2.23. The molecule has 2 rings (SSSR count). The van der Waals surface area contributed by atoms with E-state index in [1.807, 2.05) is 18.2 Å². The van der Waals surface area contributed by atoms with Gasteiger partial charge in [0.2, 0.25) is 11.8 Å². The lowest BCUT2D eigenvalue weighted by Gasteiger charge is -2.19. The monoisotopic (exact) mass is 272 g/mol. The van der Waals surface area contributed by atoms with Crippen molar-refractivity contribution in [1.29, 1.82) is 0 Å². The average molecular weight is 272 g/mol. The molecule has 0 amide bonds. The van der Waals surface area contributed by atoms with Gasteiger partial charge >= 0.3 is 0 Å². The van der Waals surface area contributed by atoms with Crippen LogP contribution in [0.3, 0.4) is 0 Å². The molecule has 1 heterocycles. The number of methoxy groups -OCH3 is 1. The van der Waals surface area contributed by atoms with Crippen LogP contribution in [0.1, 0.15) is 26.3 Å². The standard InChI is InChI=1S/C16H20N2O2/c1-16(2,3)11-6-5-7-12(10-11)20-14-9-8-13(17)15(18-14)19-4/h5-10H,17H2,1-4H3. The zero-order valence-electron chi connectivity index (χ0n) is 12.3. The molecule has 0 aliphatic rings. The first kappa shape index (κ1) is 14.2. The van der Waals surface area contributed by atoms with Crippen LogP contribution < -0.4 is 15.2 Å². The van der Waals surface area contributed by atoms with Gasteiger partial charge in [-0.05, 0) is 29.2 Å². The molecule has 2 aromatic rings. The lowest BCUT2D eigenvalue weighted by Crippen LogP contribution is -2.10. The van der Waals surface area contributed by atoms with Crippen molar-refractivity contribution in [2.24, 2.45) is 0 Å². The second-order valence-electron chi connectivity index (χ2n) is 5.63. The smallest absolute Gasteiger partial charge is 0.240 e. The van der Waals surface area contributed by atoms with Gasteiger partial charge in [-0.2, -0.15) is 4.98 Å². The fourth-order valence-corrected chi connectivity index (χ4v) is 1.80. The largest absolute Gasteiger partial charge is 0.479 e. The first-order valence-corrected chi connectivity index (χ1v) is 6.49. The Labute approximate surface area is 119 Å². The molecule has 4 nitrogen and oxygen atoms in total. The van der Waals surface area contributed by atoms with Gasteiger partial charge in [0, 0.05) is 6.07 Å². The molecule has 0 unspecified atom stereocenters. The molecule has 0 aliphatic carbocycles. The summed E-state index contributed by atoms with van der Waals surface area (Å²) in [5.41, 5.74) is 7.50. The molecule has 0 radical (unpaired) electrons. The van der Waals surface area contributed by atoms with Crippen molar-refractivity contribution in [2.45, 2.75) is 26.2 Å². The first-order valence-electron chi connectivity index (χ1n) is 6.49. The SMILES string of the molecule is COc1nc(Oc2cccc(C(C)(C)C)c2)ccc1N. The third-order valence-electron chi connectivity index (χ3n) is 2.98. The van der Waals surface area contributed by atoms with Gasteiger partial charge < -0.3 is 15.2 Å². The summed E-state index contributed by atoms with van der Waals surface area (Å²) in [4.78, 5) is 4.21. The van der Waals surface area contributed by atoms with E-state index < -0.39 is 0 Å². The summed E-state index contributed by atoms with van der Waals surface area (Å²) in [6.07, 6.45) is 0. The minimum atomic E-state index is 0.0750. The summed E-state index contributed by atoms with van der Waals surface area (Å²) in [6, 6.07) is 11.4. The highest BCUT2D eigenvalue weighted by Gasteiger charge is 2.14. The number of nitrogen functional groups attached to an aromatic ring is 1. The van der Waals surface area contributed by atoms with Crippen molar-refractivity contribution in [3.8, 4) is 17.5 Å². The maximum Gasteiger partial charge on any atom is 0.240 e. The Bertz CT molecular complexity index is 604. The quantitative estimate of drug-likeness (QED) is 0.924. The van der Waals surface area contributed by atoms with Gasteiger partial charge in [-0.3, -0.25) is 0 Å². The fourth-order valence-electron chi connectivity index (χ4n) is 1.80. The van der Waals surface area contributed by atoms with Crippen LogP contribution in [0.4, 0.5) is 5.69 Å². The number of nitrogens with zero attached hydrogens (tertiary/aromatic N) is 1. The highest BCUT2D eigenvalue weighted by atomic mass is 16.5. The van der Waals surface area contributed by atoms with E-state index in [0.29, 0.717) is 17.4 Å². The Morgan fingerprint density at radius 1 is 1.10 bits per heavy atom. The molecule has 0 fully saturated rings.